The highest BCUT2D eigenvalue weighted by molar-refractivity contribution is 5.86. The molecule has 0 aromatic rings. The molecule has 0 atom stereocenters. The Morgan fingerprint density at radius 2 is 2.00 bits per heavy atom. The van der Waals surface area contributed by atoms with Gasteiger partial charge in [-0.2, -0.15) is 0 Å². The Hall–Kier alpha value is -0.570. The fraction of sp³-hybridized carbons (Fsp3) is 0.875. The van der Waals surface area contributed by atoms with E-state index in [4.69, 9.17) is 5.21 Å². The molecule has 3 fully saturated rings. The van der Waals surface area contributed by atoms with Crippen molar-refractivity contribution in [3.63, 3.8) is 0 Å². The molecule has 1 N–H and O–H groups in total. The maximum atomic E-state index is 8.71. The van der Waals surface area contributed by atoms with Gasteiger partial charge in [-0.3, -0.25) is 0 Å². The highest BCUT2D eigenvalue weighted by Crippen LogP contribution is 2.24. The van der Waals surface area contributed by atoms with Gasteiger partial charge in [-0.1, -0.05) is 5.16 Å². The lowest BCUT2D eigenvalue weighted by Gasteiger charge is -2.25. The Balaban J connectivity index is 2.15. The minimum absolute atomic E-state index is 0.582. The number of hydrogen-bond acceptors (Lipinski definition) is 3. The van der Waals surface area contributed by atoms with E-state index in [-0.39, 0.29) is 0 Å². The summed E-state index contributed by atoms with van der Waals surface area (Å²) in [5.74, 6) is 0.582. The molecule has 3 aliphatic heterocycles. The molecule has 0 aromatic carbocycles. The monoisotopic (exact) mass is 154 g/mol. The van der Waals surface area contributed by atoms with Gasteiger partial charge in [-0.15, -0.1) is 0 Å². The van der Waals surface area contributed by atoms with Crippen LogP contribution in [-0.2, 0) is 0 Å². The van der Waals surface area contributed by atoms with Gasteiger partial charge in [0.2, 0.25) is 0 Å². The molecule has 0 aromatic heterocycles. The second-order valence-electron chi connectivity index (χ2n) is 3.46. The van der Waals surface area contributed by atoms with Crippen LogP contribution in [0, 0.1) is 5.92 Å². The number of fused-ring (bicyclic) bond motifs is 4. The van der Waals surface area contributed by atoms with Gasteiger partial charge in [-0.05, 0) is 25.9 Å². The molecule has 0 aliphatic carbocycles. The molecule has 0 radical (unpaired) electrons. The smallest absolute Gasteiger partial charge is 0.0615 e. The van der Waals surface area contributed by atoms with Crippen molar-refractivity contribution in [2.45, 2.75) is 19.3 Å². The largest absolute Gasteiger partial charge is 0.411 e. The molecule has 0 amide bonds. The van der Waals surface area contributed by atoms with Gasteiger partial charge in [0.1, 0.15) is 0 Å². The maximum absolute atomic E-state index is 8.71. The molecule has 0 unspecified atom stereocenters. The molecule has 2 bridgehead atoms. The Labute approximate surface area is 66.7 Å². The minimum atomic E-state index is 0.582. The summed E-state index contributed by atoms with van der Waals surface area (Å²) in [7, 11) is 0. The fourth-order valence-corrected chi connectivity index (χ4v) is 2.10. The average Bonchev–Trinajstić information content (AvgIpc) is 2.36. The van der Waals surface area contributed by atoms with E-state index in [1.165, 1.54) is 25.9 Å². The van der Waals surface area contributed by atoms with Crippen molar-refractivity contribution >= 4 is 5.71 Å². The number of rotatable bonds is 0. The zero-order valence-electron chi connectivity index (χ0n) is 6.66. The van der Waals surface area contributed by atoms with Gasteiger partial charge in [0.25, 0.3) is 0 Å². The van der Waals surface area contributed by atoms with Crippen molar-refractivity contribution in [1.82, 2.24) is 4.90 Å². The van der Waals surface area contributed by atoms with Crippen molar-refractivity contribution in [2.24, 2.45) is 11.1 Å². The summed E-state index contributed by atoms with van der Waals surface area (Å²) in [5, 5.41) is 12.1. The summed E-state index contributed by atoms with van der Waals surface area (Å²) in [6, 6.07) is 0. The predicted molar refractivity (Wildman–Crippen MR) is 43.0 cm³/mol. The number of piperidine rings is 1. The van der Waals surface area contributed by atoms with Crippen molar-refractivity contribution in [1.29, 1.82) is 0 Å². The van der Waals surface area contributed by atoms with Crippen molar-refractivity contribution in [2.75, 3.05) is 19.6 Å². The highest BCUT2D eigenvalue weighted by atomic mass is 16.4. The zero-order valence-corrected chi connectivity index (χ0v) is 6.66. The molecule has 3 nitrogen and oxygen atoms in total. The second-order valence-corrected chi connectivity index (χ2v) is 3.46. The number of hydrogen-bond donors (Lipinski definition) is 1. The molecule has 3 aliphatic rings. The molecule has 3 rings (SSSR count). The summed E-state index contributed by atoms with van der Waals surface area (Å²) in [6.45, 7) is 3.49. The van der Waals surface area contributed by atoms with E-state index < -0.39 is 0 Å². The van der Waals surface area contributed by atoms with Crippen LogP contribution in [0.5, 0.6) is 0 Å². The van der Waals surface area contributed by atoms with Crippen LogP contribution >= 0.6 is 0 Å². The second kappa shape index (κ2) is 2.81. The zero-order chi connectivity index (χ0) is 7.68. The summed E-state index contributed by atoms with van der Waals surface area (Å²) in [5.41, 5.74) is 1.03. The van der Waals surface area contributed by atoms with Crippen LogP contribution in [0.15, 0.2) is 5.16 Å². The molecule has 3 saturated heterocycles. The number of oxime groups is 1. The first kappa shape index (κ1) is 7.10. The van der Waals surface area contributed by atoms with Crippen molar-refractivity contribution in [3.8, 4) is 0 Å². The molecule has 0 saturated carbocycles. The Kier molecular flexibility index (Phi) is 1.82. The lowest BCUT2D eigenvalue weighted by atomic mass is 9.94. The topological polar surface area (TPSA) is 35.8 Å². The van der Waals surface area contributed by atoms with E-state index in [1.807, 2.05) is 0 Å². The van der Waals surface area contributed by atoms with Crippen LogP contribution in [-0.4, -0.2) is 35.5 Å². The normalized spacial score (nSPS) is 40.9. The first-order valence-electron chi connectivity index (χ1n) is 4.33. The molecule has 11 heavy (non-hydrogen) atoms. The third-order valence-corrected chi connectivity index (χ3v) is 2.87. The molecule has 3 heteroatoms. The number of nitrogens with zero attached hydrogens (tertiary/aromatic N) is 2. The first-order chi connectivity index (χ1) is 5.40. The SMILES string of the molecule is ON=C1CCN2CCC1CC2. The van der Waals surface area contributed by atoms with E-state index in [0.717, 1.165) is 18.7 Å². The van der Waals surface area contributed by atoms with Gasteiger partial charge in [-0.25, -0.2) is 0 Å². The minimum Gasteiger partial charge on any atom is -0.411 e. The van der Waals surface area contributed by atoms with Gasteiger partial charge >= 0.3 is 0 Å². The van der Waals surface area contributed by atoms with E-state index >= 15 is 0 Å². The Morgan fingerprint density at radius 3 is 2.64 bits per heavy atom. The van der Waals surface area contributed by atoms with Crippen LogP contribution in [0.2, 0.25) is 0 Å². The first-order valence-corrected chi connectivity index (χ1v) is 4.33. The average molecular weight is 154 g/mol. The lowest BCUT2D eigenvalue weighted by molar-refractivity contribution is 0.232. The fourth-order valence-electron chi connectivity index (χ4n) is 2.10. The van der Waals surface area contributed by atoms with Crippen LogP contribution in [0.25, 0.3) is 0 Å². The predicted octanol–water partition coefficient (Wildman–Crippen LogP) is 0.932. The molecular weight excluding hydrogens is 140 g/mol. The Bertz CT molecular complexity index is 171. The van der Waals surface area contributed by atoms with Gasteiger partial charge in [0.05, 0.1) is 5.71 Å². The quantitative estimate of drug-likeness (QED) is 0.416. The third-order valence-electron chi connectivity index (χ3n) is 2.87. The van der Waals surface area contributed by atoms with Crippen LogP contribution in [0.4, 0.5) is 0 Å². The van der Waals surface area contributed by atoms with Crippen molar-refractivity contribution in [3.05, 3.63) is 0 Å². The van der Waals surface area contributed by atoms with Crippen LogP contribution < -0.4 is 0 Å². The summed E-state index contributed by atoms with van der Waals surface area (Å²) >= 11 is 0. The van der Waals surface area contributed by atoms with Gasteiger partial charge in [0, 0.05) is 18.9 Å². The Morgan fingerprint density at radius 1 is 1.27 bits per heavy atom. The molecule has 3 heterocycles. The maximum Gasteiger partial charge on any atom is 0.0615 e. The standard InChI is InChI=1S/C8H14N2O/c11-9-8-3-6-10-4-1-7(8)2-5-10/h7,11H,1-6H2. The van der Waals surface area contributed by atoms with E-state index in [1.54, 1.807) is 0 Å². The summed E-state index contributed by atoms with van der Waals surface area (Å²) in [6.07, 6.45) is 3.36. The lowest BCUT2D eigenvalue weighted by Crippen LogP contribution is -2.30. The van der Waals surface area contributed by atoms with Gasteiger partial charge < -0.3 is 10.1 Å². The van der Waals surface area contributed by atoms with Crippen LogP contribution in [0.1, 0.15) is 19.3 Å². The third kappa shape index (κ3) is 1.25. The summed E-state index contributed by atoms with van der Waals surface area (Å²) < 4.78 is 0. The molecule has 0 spiro atoms. The highest BCUT2D eigenvalue weighted by Gasteiger charge is 2.27. The van der Waals surface area contributed by atoms with Gasteiger partial charge in [0.15, 0.2) is 0 Å². The van der Waals surface area contributed by atoms with Crippen molar-refractivity contribution < 1.29 is 5.21 Å². The van der Waals surface area contributed by atoms with E-state index in [0.29, 0.717) is 5.92 Å². The molecule has 62 valence electrons. The van der Waals surface area contributed by atoms with E-state index in [2.05, 4.69) is 10.1 Å². The molecular formula is C8H14N2O. The van der Waals surface area contributed by atoms with Crippen LogP contribution in [0.3, 0.4) is 0 Å². The van der Waals surface area contributed by atoms with E-state index in [9.17, 15) is 0 Å². The summed E-state index contributed by atoms with van der Waals surface area (Å²) in [4.78, 5) is 2.45.